The Hall–Kier alpha value is -4.25. The first kappa shape index (κ1) is 29.2. The van der Waals surface area contributed by atoms with Crippen molar-refractivity contribution in [2.45, 2.75) is 17.4 Å². The van der Waals surface area contributed by atoms with Gasteiger partial charge in [-0.1, -0.05) is 58.4 Å². The highest BCUT2D eigenvalue weighted by molar-refractivity contribution is 9.10. The SMILES string of the molecule is COc1ccc(-c2cc(-c3ccc(Br)cc3)n(-c3ccc(S(=O)(=O)N(C)[C@@H](Cc4ccccc4)C(=O)O)cc3)n2)cc1. The number of aliphatic carboxylic acids is 1. The van der Waals surface area contributed by atoms with Crippen LogP contribution in [-0.4, -0.2) is 53.8 Å². The lowest BCUT2D eigenvalue weighted by Crippen LogP contribution is -2.43. The van der Waals surface area contributed by atoms with Gasteiger partial charge in [-0.2, -0.15) is 9.40 Å². The van der Waals surface area contributed by atoms with Gasteiger partial charge in [0.15, 0.2) is 0 Å². The van der Waals surface area contributed by atoms with Crippen molar-refractivity contribution in [1.29, 1.82) is 0 Å². The van der Waals surface area contributed by atoms with E-state index in [0.717, 1.165) is 42.6 Å². The maximum atomic E-state index is 13.5. The van der Waals surface area contributed by atoms with Crippen molar-refractivity contribution in [3.05, 3.63) is 119 Å². The first-order valence-corrected chi connectivity index (χ1v) is 15.3. The number of nitrogens with zero attached hydrogens (tertiary/aromatic N) is 3. The van der Waals surface area contributed by atoms with Gasteiger partial charge in [0.1, 0.15) is 11.8 Å². The van der Waals surface area contributed by atoms with Crippen molar-refractivity contribution < 1.29 is 23.1 Å². The zero-order valence-corrected chi connectivity index (χ0v) is 25.3. The Morgan fingerprint density at radius 3 is 2.14 bits per heavy atom. The number of carbonyl (C=O) groups is 1. The van der Waals surface area contributed by atoms with Gasteiger partial charge < -0.3 is 9.84 Å². The van der Waals surface area contributed by atoms with Crippen LogP contribution < -0.4 is 4.74 Å². The van der Waals surface area contributed by atoms with Crippen LogP contribution >= 0.6 is 15.9 Å². The second-order valence-corrected chi connectivity index (χ2v) is 12.5. The minimum atomic E-state index is -4.11. The van der Waals surface area contributed by atoms with Crippen LogP contribution in [0, 0.1) is 0 Å². The number of halogens is 1. The van der Waals surface area contributed by atoms with Crippen molar-refractivity contribution >= 4 is 31.9 Å². The summed E-state index contributed by atoms with van der Waals surface area (Å²) in [6, 6.07) is 31.4. The smallest absolute Gasteiger partial charge is 0.322 e. The van der Waals surface area contributed by atoms with Gasteiger partial charge in [0, 0.05) is 22.6 Å². The van der Waals surface area contributed by atoms with Crippen LogP contribution in [0.4, 0.5) is 0 Å². The molecular formula is C32H28BrN3O5S. The van der Waals surface area contributed by atoms with Gasteiger partial charge in [0.25, 0.3) is 0 Å². The molecule has 0 saturated carbocycles. The minimum absolute atomic E-state index is 0.0132. The lowest BCUT2D eigenvalue weighted by atomic mass is 10.1. The highest BCUT2D eigenvalue weighted by atomic mass is 79.9. The third kappa shape index (κ3) is 6.15. The summed E-state index contributed by atoms with van der Waals surface area (Å²) in [5, 5.41) is 14.7. The molecule has 0 aliphatic rings. The second-order valence-electron chi connectivity index (χ2n) is 9.62. The van der Waals surface area contributed by atoms with Crippen LogP contribution in [0.15, 0.2) is 119 Å². The Balaban J connectivity index is 1.49. The third-order valence-corrected chi connectivity index (χ3v) is 9.40. The number of hydrogen-bond acceptors (Lipinski definition) is 5. The molecule has 1 aromatic heterocycles. The van der Waals surface area contributed by atoms with Crippen LogP contribution in [0.1, 0.15) is 5.56 Å². The summed E-state index contributed by atoms with van der Waals surface area (Å²) in [6.07, 6.45) is 0.0436. The molecule has 0 bridgehead atoms. The van der Waals surface area contributed by atoms with Gasteiger partial charge >= 0.3 is 5.97 Å². The Bertz CT molecular complexity index is 1790. The van der Waals surface area contributed by atoms with E-state index in [2.05, 4.69) is 15.9 Å². The van der Waals surface area contributed by atoms with E-state index < -0.39 is 22.0 Å². The summed E-state index contributed by atoms with van der Waals surface area (Å²) in [7, 11) is -1.20. The van der Waals surface area contributed by atoms with Crippen LogP contribution in [0.25, 0.3) is 28.2 Å². The average molecular weight is 647 g/mol. The Kier molecular flexibility index (Phi) is 8.58. The molecule has 5 aromatic rings. The fourth-order valence-electron chi connectivity index (χ4n) is 4.61. The van der Waals surface area contributed by atoms with Gasteiger partial charge in [0.2, 0.25) is 10.0 Å². The first-order valence-electron chi connectivity index (χ1n) is 13.0. The molecule has 0 fully saturated rings. The van der Waals surface area contributed by atoms with Crippen LogP contribution in [-0.2, 0) is 21.2 Å². The molecule has 0 spiro atoms. The largest absolute Gasteiger partial charge is 0.497 e. The number of aromatic nitrogens is 2. The number of carboxylic acids is 1. The quantitative estimate of drug-likeness (QED) is 0.191. The summed E-state index contributed by atoms with van der Waals surface area (Å²) in [5.74, 6) is -0.481. The number of likely N-dealkylation sites (N-methyl/N-ethyl adjacent to an activating group) is 1. The number of rotatable bonds is 10. The van der Waals surface area contributed by atoms with Crippen molar-refractivity contribution in [1.82, 2.24) is 14.1 Å². The van der Waals surface area contributed by atoms with Crippen molar-refractivity contribution in [2.75, 3.05) is 14.2 Å². The molecule has 0 amide bonds. The van der Waals surface area contributed by atoms with E-state index in [1.165, 1.54) is 19.2 Å². The third-order valence-electron chi connectivity index (χ3n) is 6.99. The number of benzene rings is 4. The first-order chi connectivity index (χ1) is 20.2. The van der Waals surface area contributed by atoms with Gasteiger partial charge in [0.05, 0.1) is 29.1 Å². The standard InChI is InChI=1S/C32H28BrN3O5S/c1-35(31(32(37)38)20-22-6-4-3-5-7-22)42(39,40)28-18-14-26(15-19-28)36-30(24-8-12-25(33)13-9-24)21-29(34-36)23-10-16-27(41-2)17-11-23/h3-19,21,31H,20H2,1-2H3,(H,37,38)/t31-/m0/s1. The minimum Gasteiger partial charge on any atom is -0.497 e. The Labute approximate surface area is 253 Å². The van der Waals surface area contributed by atoms with Crippen LogP contribution in [0.2, 0.25) is 0 Å². The number of ether oxygens (including phenoxy) is 1. The van der Waals surface area contributed by atoms with Gasteiger partial charge in [-0.05, 0) is 78.7 Å². The van der Waals surface area contributed by atoms with Gasteiger partial charge in [-0.15, -0.1) is 0 Å². The molecule has 1 N–H and O–H groups in total. The Morgan fingerprint density at radius 2 is 1.55 bits per heavy atom. The number of sulfonamides is 1. The summed E-state index contributed by atoms with van der Waals surface area (Å²) in [5.41, 5.74) is 4.74. The highest BCUT2D eigenvalue weighted by Crippen LogP contribution is 2.31. The van der Waals surface area contributed by atoms with E-state index in [0.29, 0.717) is 5.69 Å². The normalized spacial score (nSPS) is 12.3. The molecule has 1 heterocycles. The summed E-state index contributed by atoms with van der Waals surface area (Å²) in [4.78, 5) is 12.1. The van der Waals surface area contributed by atoms with E-state index in [4.69, 9.17) is 9.84 Å². The number of carboxylic acid groups (broad SMARTS) is 1. The zero-order chi connectivity index (χ0) is 29.9. The molecule has 10 heteroatoms. The number of methoxy groups -OCH3 is 1. The van der Waals surface area contributed by atoms with Crippen molar-refractivity contribution in [2.24, 2.45) is 0 Å². The van der Waals surface area contributed by atoms with E-state index >= 15 is 0 Å². The van der Waals surface area contributed by atoms with E-state index in [9.17, 15) is 18.3 Å². The molecule has 42 heavy (non-hydrogen) atoms. The second kappa shape index (κ2) is 12.3. The lowest BCUT2D eigenvalue weighted by molar-refractivity contribution is -0.141. The van der Waals surface area contributed by atoms with Crippen molar-refractivity contribution in [3.8, 4) is 34.0 Å². The monoisotopic (exact) mass is 645 g/mol. The molecule has 0 saturated heterocycles. The van der Waals surface area contributed by atoms with Gasteiger partial charge in [-0.3, -0.25) is 4.79 Å². The lowest BCUT2D eigenvalue weighted by Gasteiger charge is -2.24. The molecule has 5 rings (SSSR count). The molecule has 0 radical (unpaired) electrons. The van der Waals surface area contributed by atoms with E-state index in [-0.39, 0.29) is 11.3 Å². The Morgan fingerprint density at radius 1 is 0.929 bits per heavy atom. The molecular weight excluding hydrogens is 618 g/mol. The van der Waals surface area contributed by atoms with E-state index in [1.807, 2.05) is 60.7 Å². The fraction of sp³-hybridized carbons (Fsp3) is 0.125. The molecule has 214 valence electrons. The van der Waals surface area contributed by atoms with Crippen LogP contribution in [0.5, 0.6) is 5.75 Å². The summed E-state index contributed by atoms with van der Waals surface area (Å²) in [6.45, 7) is 0. The maximum Gasteiger partial charge on any atom is 0.322 e. The van der Waals surface area contributed by atoms with E-state index in [1.54, 1.807) is 48.2 Å². The topological polar surface area (TPSA) is 102 Å². The summed E-state index contributed by atoms with van der Waals surface area (Å²) >= 11 is 3.48. The number of hydrogen-bond donors (Lipinski definition) is 1. The summed E-state index contributed by atoms with van der Waals surface area (Å²) < 4.78 is 35.9. The van der Waals surface area contributed by atoms with Crippen LogP contribution in [0.3, 0.4) is 0 Å². The maximum absolute atomic E-state index is 13.5. The van der Waals surface area contributed by atoms with Crippen molar-refractivity contribution in [3.63, 3.8) is 0 Å². The molecule has 0 aliphatic heterocycles. The molecule has 0 aliphatic carbocycles. The highest BCUT2D eigenvalue weighted by Gasteiger charge is 2.33. The van der Waals surface area contributed by atoms with Gasteiger partial charge in [-0.25, -0.2) is 13.1 Å². The predicted molar refractivity (Wildman–Crippen MR) is 165 cm³/mol. The molecule has 8 nitrogen and oxygen atoms in total. The predicted octanol–water partition coefficient (Wildman–Crippen LogP) is 6.29. The average Bonchev–Trinajstić information content (AvgIpc) is 3.46. The molecule has 1 atom stereocenters. The molecule has 4 aromatic carbocycles. The molecule has 0 unspecified atom stereocenters. The fourth-order valence-corrected chi connectivity index (χ4v) is 6.19. The zero-order valence-electron chi connectivity index (χ0n) is 22.9.